The zero-order chi connectivity index (χ0) is 19.1. The van der Waals surface area contributed by atoms with Gasteiger partial charge in [0.1, 0.15) is 11.8 Å². The van der Waals surface area contributed by atoms with Crippen LogP contribution < -0.4 is 15.4 Å². The van der Waals surface area contributed by atoms with E-state index in [1.54, 1.807) is 30.3 Å². The summed E-state index contributed by atoms with van der Waals surface area (Å²) in [5, 5.41) is 13.7. The average molecular weight is 360 g/mol. The third-order valence-electron chi connectivity index (χ3n) is 3.69. The number of amides is 2. The van der Waals surface area contributed by atoms with E-state index in [2.05, 4.69) is 15.4 Å². The monoisotopic (exact) mass is 360 g/mol. The van der Waals surface area contributed by atoms with Crippen LogP contribution in [0.2, 0.25) is 0 Å². The number of carboxylic acid groups (broad SMARTS) is 1. The molecule has 3 N–H and O–H groups in total. The summed E-state index contributed by atoms with van der Waals surface area (Å²) in [7, 11) is 0. The second kappa shape index (κ2) is 8.54. The Morgan fingerprint density at radius 3 is 2.54 bits per heavy atom. The summed E-state index contributed by atoms with van der Waals surface area (Å²) in [5.41, 5.74) is 7.54. The molecule has 10 heteroatoms. The molecule has 2 rings (SSSR count). The van der Waals surface area contributed by atoms with Crippen molar-refractivity contribution < 1.29 is 33.8 Å². The third kappa shape index (κ3) is 4.74. The van der Waals surface area contributed by atoms with Crippen molar-refractivity contribution in [2.75, 3.05) is 6.61 Å². The average Bonchev–Trinajstić information content (AvgIpc) is 2.62. The molecule has 1 aromatic rings. The first kappa shape index (κ1) is 18.8. The number of rotatable bonds is 9. The lowest BCUT2D eigenvalue weighted by molar-refractivity contribution is -0.138. The first-order valence-corrected chi connectivity index (χ1v) is 7.68. The molecule has 136 valence electrons. The number of hydrogen-bond acceptors (Lipinski definition) is 5. The highest BCUT2D eigenvalue weighted by Crippen LogP contribution is 2.13. The number of para-hydroxylation sites is 1. The van der Waals surface area contributed by atoms with E-state index < -0.39 is 41.4 Å². The van der Waals surface area contributed by atoms with Gasteiger partial charge in [-0.15, -0.1) is 0 Å². The van der Waals surface area contributed by atoms with E-state index in [1.807, 2.05) is 0 Å². The van der Waals surface area contributed by atoms with Crippen LogP contribution >= 0.6 is 0 Å². The lowest BCUT2D eigenvalue weighted by atomic mass is 9.92. The molecule has 2 atom stereocenters. The van der Waals surface area contributed by atoms with E-state index in [9.17, 15) is 19.2 Å². The van der Waals surface area contributed by atoms with E-state index >= 15 is 0 Å². The number of carboxylic acids is 1. The molecule has 2 amide bonds. The van der Waals surface area contributed by atoms with Gasteiger partial charge < -0.3 is 26.0 Å². The van der Waals surface area contributed by atoms with Crippen LogP contribution in [0.1, 0.15) is 12.8 Å². The number of carbonyl (C=O) groups excluding carboxylic acids is 3. The fraction of sp³-hybridized carbons (Fsp3) is 0.312. The summed E-state index contributed by atoms with van der Waals surface area (Å²) in [4.78, 5) is 48.2. The van der Waals surface area contributed by atoms with Gasteiger partial charge in [0.2, 0.25) is 5.91 Å². The van der Waals surface area contributed by atoms with Crippen LogP contribution in [0, 0.1) is 0 Å². The van der Waals surface area contributed by atoms with Gasteiger partial charge in [-0.3, -0.25) is 14.4 Å². The second-order valence-electron chi connectivity index (χ2n) is 5.48. The Bertz CT molecular complexity index is 772. The summed E-state index contributed by atoms with van der Waals surface area (Å²) < 4.78 is 5.27. The van der Waals surface area contributed by atoms with Crippen molar-refractivity contribution in [2.24, 2.45) is 0 Å². The van der Waals surface area contributed by atoms with Gasteiger partial charge in [-0.05, 0) is 18.6 Å². The van der Waals surface area contributed by atoms with Crippen molar-refractivity contribution in [3.05, 3.63) is 35.9 Å². The van der Waals surface area contributed by atoms with Gasteiger partial charge in [0.15, 0.2) is 6.61 Å². The molecule has 0 spiro atoms. The maximum Gasteiger partial charge on any atom is 0.441 e. The molecule has 1 heterocycles. The topological polar surface area (TPSA) is 158 Å². The Labute approximate surface area is 147 Å². The number of benzene rings is 1. The third-order valence-corrected chi connectivity index (χ3v) is 3.69. The maximum atomic E-state index is 11.9. The first-order valence-electron chi connectivity index (χ1n) is 7.68. The molecule has 1 aliphatic rings. The Hall–Kier alpha value is -3.52. The lowest BCUT2D eigenvalue weighted by Crippen LogP contribution is -2.69. The summed E-state index contributed by atoms with van der Waals surface area (Å²) >= 11 is 0. The normalized spacial score (nSPS) is 17.9. The van der Waals surface area contributed by atoms with Crippen molar-refractivity contribution in [3.8, 4) is 5.75 Å². The van der Waals surface area contributed by atoms with E-state index in [4.69, 9.17) is 15.4 Å². The number of hydrogen-bond donors (Lipinski definition) is 3. The molecule has 0 saturated carbocycles. The molecule has 26 heavy (non-hydrogen) atoms. The van der Waals surface area contributed by atoms with Crippen molar-refractivity contribution >= 4 is 29.3 Å². The molecular formula is C16H16N4O6. The molecular weight excluding hydrogens is 344 g/mol. The van der Waals surface area contributed by atoms with Crippen LogP contribution in [0.4, 0.5) is 0 Å². The molecule has 10 nitrogen and oxygen atoms in total. The quantitative estimate of drug-likeness (QED) is 0.171. The van der Waals surface area contributed by atoms with E-state index in [1.165, 1.54) is 0 Å². The summed E-state index contributed by atoms with van der Waals surface area (Å²) in [6, 6.07) is 7.30. The van der Waals surface area contributed by atoms with Gasteiger partial charge in [-0.2, -0.15) is 4.79 Å². The van der Waals surface area contributed by atoms with Gasteiger partial charge in [0.05, 0.1) is 6.04 Å². The zero-order valence-electron chi connectivity index (χ0n) is 13.5. The highest BCUT2D eigenvalue weighted by molar-refractivity contribution is 6.61. The maximum absolute atomic E-state index is 11.9. The highest BCUT2D eigenvalue weighted by Gasteiger charge is 2.41. The summed E-state index contributed by atoms with van der Waals surface area (Å²) in [6.45, 7) is -0.278. The molecule has 0 unspecified atom stereocenters. The summed E-state index contributed by atoms with van der Waals surface area (Å²) in [6.07, 6.45) is -0.176. The molecule has 1 aliphatic heterocycles. The minimum atomic E-state index is -1.64. The van der Waals surface area contributed by atoms with Gasteiger partial charge in [0.25, 0.3) is 11.7 Å². The Kier molecular flexibility index (Phi) is 6.18. The van der Waals surface area contributed by atoms with Crippen LogP contribution in [-0.2, 0) is 19.2 Å². The fourth-order valence-electron chi connectivity index (χ4n) is 2.35. The number of nitrogens with zero attached hydrogens (tertiary/aromatic N) is 2. The van der Waals surface area contributed by atoms with Crippen LogP contribution in [0.25, 0.3) is 5.53 Å². The largest absolute Gasteiger partial charge is 0.484 e. The minimum absolute atomic E-state index is 0.0847. The smallest absolute Gasteiger partial charge is 0.441 e. The summed E-state index contributed by atoms with van der Waals surface area (Å²) in [5.74, 6) is -2.93. The number of nitrogens with one attached hydrogen (secondary N) is 2. The number of ketones is 1. The molecule has 0 radical (unpaired) electrons. The Morgan fingerprint density at radius 1 is 1.27 bits per heavy atom. The molecule has 0 bridgehead atoms. The first-order chi connectivity index (χ1) is 12.4. The highest BCUT2D eigenvalue weighted by atomic mass is 16.5. The van der Waals surface area contributed by atoms with Crippen molar-refractivity contribution in [2.45, 2.75) is 24.9 Å². The number of aliphatic carboxylic acids is 1. The van der Waals surface area contributed by atoms with Crippen molar-refractivity contribution in [1.29, 1.82) is 0 Å². The molecule has 0 aliphatic carbocycles. The van der Waals surface area contributed by atoms with Crippen molar-refractivity contribution in [3.63, 3.8) is 0 Å². The fourth-order valence-corrected chi connectivity index (χ4v) is 2.35. The van der Waals surface area contributed by atoms with Crippen LogP contribution in [0.15, 0.2) is 30.3 Å². The second-order valence-corrected chi connectivity index (χ2v) is 5.48. The standard InChI is InChI=1S/C16H16N4O6/c17-20-14(16(24)25)11(21)7-6-10-13(15(23)18-10)19-12(22)8-26-9-4-2-1-3-5-9/h1-5,10,13H,6-8H2,(H,18,23)(H,19,22)(H,24,25)/t10-,13+/m1/s1. The van der Waals surface area contributed by atoms with Gasteiger partial charge in [-0.1, -0.05) is 18.2 Å². The minimum Gasteiger partial charge on any atom is -0.484 e. The molecule has 1 aromatic carbocycles. The van der Waals surface area contributed by atoms with Crippen molar-refractivity contribution in [1.82, 2.24) is 10.6 Å². The SMILES string of the molecule is [N-]=[N+]=C(C(=O)O)C(=O)CC[C@H]1NC(=O)[C@H]1NC(=O)COc1ccccc1. The van der Waals surface area contributed by atoms with Crippen LogP contribution in [-0.4, -0.2) is 57.9 Å². The van der Waals surface area contributed by atoms with Gasteiger partial charge in [0, 0.05) is 6.42 Å². The Morgan fingerprint density at radius 2 is 1.96 bits per heavy atom. The van der Waals surface area contributed by atoms with Crippen LogP contribution in [0.5, 0.6) is 5.75 Å². The number of carbonyl (C=O) groups is 4. The number of Topliss-reactive ketones (excluding diaryl/α,β-unsaturated/α-hetero) is 1. The number of β-lactam (4-membered cyclic amide) rings is 1. The predicted octanol–water partition coefficient (Wildman–Crippen LogP) is -0.847. The van der Waals surface area contributed by atoms with Crippen LogP contribution in [0.3, 0.4) is 0 Å². The predicted molar refractivity (Wildman–Crippen MR) is 86.3 cm³/mol. The zero-order valence-corrected chi connectivity index (χ0v) is 13.5. The van der Waals surface area contributed by atoms with E-state index in [0.29, 0.717) is 5.75 Å². The lowest BCUT2D eigenvalue weighted by Gasteiger charge is -2.36. The number of ether oxygens (including phenoxy) is 1. The molecule has 0 aromatic heterocycles. The molecule has 1 saturated heterocycles. The van der Waals surface area contributed by atoms with E-state index in [-0.39, 0.29) is 19.4 Å². The van der Waals surface area contributed by atoms with E-state index in [0.717, 1.165) is 0 Å². The van der Waals surface area contributed by atoms with Gasteiger partial charge in [-0.25, -0.2) is 4.79 Å². The Balaban J connectivity index is 1.80. The van der Waals surface area contributed by atoms with Gasteiger partial charge >= 0.3 is 11.7 Å². The molecule has 1 fully saturated rings.